The molecule has 0 saturated carbocycles. The fraction of sp³-hybridized carbons (Fsp3) is 0.0435. The zero-order valence-corrected chi connectivity index (χ0v) is 17.2. The second-order valence-electron chi connectivity index (χ2n) is 6.86. The molecule has 172 valence electrons. The number of halogens is 4. The highest BCUT2D eigenvalue weighted by atomic mass is 19.4. The number of anilines is 3. The van der Waals surface area contributed by atoms with Gasteiger partial charge >= 0.3 is 6.36 Å². The van der Waals surface area contributed by atoms with E-state index in [2.05, 4.69) is 30.3 Å². The van der Waals surface area contributed by atoms with E-state index < -0.39 is 23.8 Å². The Kier molecular flexibility index (Phi) is 6.35. The second-order valence-corrected chi connectivity index (χ2v) is 6.86. The first-order valence-electron chi connectivity index (χ1n) is 9.74. The van der Waals surface area contributed by atoms with Gasteiger partial charge in [0.05, 0.1) is 11.9 Å². The van der Waals surface area contributed by atoms with E-state index in [0.29, 0.717) is 16.8 Å². The lowest BCUT2D eigenvalue weighted by Gasteiger charge is -2.11. The number of hydrogen-bond donors (Lipinski definition) is 2. The van der Waals surface area contributed by atoms with Crippen molar-refractivity contribution in [3.8, 4) is 16.9 Å². The van der Waals surface area contributed by atoms with Gasteiger partial charge < -0.3 is 15.4 Å². The minimum Gasteiger partial charge on any atom is -0.406 e. The molecule has 0 aliphatic carbocycles. The molecule has 2 heterocycles. The van der Waals surface area contributed by atoms with Crippen molar-refractivity contribution in [1.82, 2.24) is 15.0 Å². The second kappa shape index (κ2) is 9.53. The van der Waals surface area contributed by atoms with Crippen LogP contribution in [0.5, 0.6) is 5.75 Å². The van der Waals surface area contributed by atoms with Gasteiger partial charge in [-0.1, -0.05) is 24.3 Å². The molecule has 0 aliphatic rings. The summed E-state index contributed by atoms with van der Waals surface area (Å²) in [5, 5.41) is 5.35. The van der Waals surface area contributed by atoms with E-state index in [9.17, 15) is 22.4 Å². The zero-order chi connectivity index (χ0) is 24.1. The molecule has 0 fully saturated rings. The summed E-state index contributed by atoms with van der Waals surface area (Å²) < 4.78 is 55.2. The van der Waals surface area contributed by atoms with E-state index in [1.54, 1.807) is 24.3 Å². The van der Waals surface area contributed by atoms with Gasteiger partial charge in [0, 0.05) is 35.3 Å². The number of hydrogen-bond acceptors (Lipinski definition) is 6. The molecule has 34 heavy (non-hydrogen) atoms. The smallest absolute Gasteiger partial charge is 0.406 e. The SMILES string of the molecule is O=C(Nc1cncc(-c2ccccc2F)c1)c1ccnc(Nc2cccc(OC(F)(F)F)c2)n1. The van der Waals surface area contributed by atoms with Crippen molar-refractivity contribution in [3.05, 3.63) is 90.8 Å². The van der Waals surface area contributed by atoms with E-state index in [1.165, 1.54) is 42.9 Å². The molecule has 7 nitrogen and oxygen atoms in total. The third-order valence-electron chi connectivity index (χ3n) is 4.39. The Bertz CT molecular complexity index is 1330. The maximum absolute atomic E-state index is 14.1. The molecule has 0 radical (unpaired) electrons. The van der Waals surface area contributed by atoms with E-state index in [1.807, 2.05) is 0 Å². The lowest BCUT2D eigenvalue weighted by molar-refractivity contribution is -0.274. The molecule has 11 heteroatoms. The van der Waals surface area contributed by atoms with Crippen molar-refractivity contribution in [3.63, 3.8) is 0 Å². The Balaban J connectivity index is 1.48. The molecule has 0 bridgehead atoms. The summed E-state index contributed by atoms with van der Waals surface area (Å²) >= 11 is 0. The summed E-state index contributed by atoms with van der Waals surface area (Å²) in [6.45, 7) is 0. The zero-order valence-electron chi connectivity index (χ0n) is 17.2. The van der Waals surface area contributed by atoms with Crippen LogP contribution in [0.2, 0.25) is 0 Å². The number of benzene rings is 2. The molecule has 4 aromatic rings. The van der Waals surface area contributed by atoms with Gasteiger partial charge in [0.15, 0.2) is 0 Å². The van der Waals surface area contributed by atoms with E-state index in [0.717, 1.165) is 12.1 Å². The topological polar surface area (TPSA) is 89.0 Å². The molecular formula is C23H15F4N5O2. The molecule has 0 unspecified atom stereocenters. The quantitative estimate of drug-likeness (QED) is 0.359. The maximum Gasteiger partial charge on any atom is 0.573 e. The highest BCUT2D eigenvalue weighted by Crippen LogP contribution is 2.26. The highest BCUT2D eigenvalue weighted by Gasteiger charge is 2.31. The molecule has 0 saturated heterocycles. The van der Waals surface area contributed by atoms with Crippen LogP contribution in [-0.4, -0.2) is 27.2 Å². The lowest BCUT2D eigenvalue weighted by Crippen LogP contribution is -2.17. The number of rotatable bonds is 6. The first kappa shape index (κ1) is 22.6. The van der Waals surface area contributed by atoms with Gasteiger partial charge in [-0.25, -0.2) is 14.4 Å². The largest absolute Gasteiger partial charge is 0.573 e. The van der Waals surface area contributed by atoms with Gasteiger partial charge in [0.1, 0.15) is 17.3 Å². The number of pyridine rings is 1. The van der Waals surface area contributed by atoms with E-state index in [4.69, 9.17) is 0 Å². The molecule has 4 rings (SSSR count). The Morgan fingerprint density at radius 1 is 0.941 bits per heavy atom. The number of nitrogens with zero attached hydrogens (tertiary/aromatic N) is 3. The molecule has 2 aromatic carbocycles. The first-order valence-corrected chi connectivity index (χ1v) is 9.74. The standard InChI is InChI=1S/C23H15F4N5O2/c24-19-7-2-1-6-18(19)14-10-16(13-28-12-14)30-21(33)20-8-9-29-22(32-20)31-15-4-3-5-17(11-15)34-23(25,26)27/h1-13H,(H,30,33)(H,29,31,32). The number of ether oxygens (including phenoxy) is 1. The van der Waals surface area contributed by atoms with Crippen molar-refractivity contribution in [1.29, 1.82) is 0 Å². The minimum atomic E-state index is -4.83. The predicted octanol–water partition coefficient (Wildman–Crippen LogP) is 5.57. The normalized spacial score (nSPS) is 11.1. The number of alkyl halides is 3. The molecule has 1 amide bonds. The average molecular weight is 469 g/mol. The first-order chi connectivity index (χ1) is 16.3. The van der Waals surface area contributed by atoms with E-state index in [-0.39, 0.29) is 17.3 Å². The highest BCUT2D eigenvalue weighted by molar-refractivity contribution is 6.03. The summed E-state index contributed by atoms with van der Waals surface area (Å²) in [6, 6.07) is 14.2. The van der Waals surface area contributed by atoms with Crippen molar-refractivity contribution in [2.45, 2.75) is 6.36 Å². The monoisotopic (exact) mass is 469 g/mol. The van der Waals surface area contributed by atoms with Crippen LogP contribution in [0.15, 0.2) is 79.3 Å². The van der Waals surface area contributed by atoms with Crippen molar-refractivity contribution in [2.24, 2.45) is 0 Å². The summed E-state index contributed by atoms with van der Waals surface area (Å²) in [7, 11) is 0. The Morgan fingerprint density at radius 3 is 2.56 bits per heavy atom. The summed E-state index contributed by atoms with van der Waals surface area (Å²) in [5.74, 6) is -1.46. The van der Waals surface area contributed by atoms with Gasteiger partial charge in [-0.05, 0) is 30.3 Å². The summed E-state index contributed by atoms with van der Waals surface area (Å²) in [6.07, 6.45) is -0.647. The van der Waals surface area contributed by atoms with Gasteiger partial charge in [-0.2, -0.15) is 0 Å². The van der Waals surface area contributed by atoms with Crippen molar-refractivity contribution in [2.75, 3.05) is 10.6 Å². The summed E-state index contributed by atoms with van der Waals surface area (Å²) in [4.78, 5) is 24.8. The number of carbonyl (C=O) groups excluding carboxylic acids is 1. The van der Waals surface area contributed by atoms with E-state index >= 15 is 0 Å². The molecule has 0 aliphatic heterocycles. The third-order valence-corrected chi connectivity index (χ3v) is 4.39. The molecule has 2 N–H and O–H groups in total. The van der Waals surface area contributed by atoms with Crippen LogP contribution in [-0.2, 0) is 0 Å². The van der Waals surface area contributed by atoms with Crippen LogP contribution in [0.4, 0.5) is 34.9 Å². The third kappa shape index (κ3) is 5.82. The fourth-order valence-electron chi connectivity index (χ4n) is 2.99. The van der Waals surface area contributed by atoms with Crippen LogP contribution in [0.25, 0.3) is 11.1 Å². The lowest BCUT2D eigenvalue weighted by atomic mass is 10.1. The van der Waals surface area contributed by atoms with Gasteiger partial charge in [0.2, 0.25) is 5.95 Å². The van der Waals surface area contributed by atoms with Crippen LogP contribution >= 0.6 is 0 Å². The van der Waals surface area contributed by atoms with Crippen LogP contribution in [0.1, 0.15) is 10.5 Å². The fourth-order valence-corrected chi connectivity index (χ4v) is 2.99. The van der Waals surface area contributed by atoms with Crippen molar-refractivity contribution < 1.29 is 27.1 Å². The molecular weight excluding hydrogens is 454 g/mol. The number of amides is 1. The predicted molar refractivity (Wildman–Crippen MR) is 116 cm³/mol. The Labute approximate surface area is 190 Å². The number of carbonyl (C=O) groups is 1. The van der Waals surface area contributed by atoms with Gasteiger partial charge in [-0.15, -0.1) is 13.2 Å². The molecule has 0 atom stereocenters. The number of nitrogens with one attached hydrogen (secondary N) is 2. The maximum atomic E-state index is 14.1. The van der Waals surface area contributed by atoms with Crippen LogP contribution in [0, 0.1) is 5.82 Å². The average Bonchev–Trinajstić information content (AvgIpc) is 2.79. The molecule has 0 spiro atoms. The Morgan fingerprint density at radius 2 is 1.76 bits per heavy atom. The summed E-state index contributed by atoms with van der Waals surface area (Å²) in [5.41, 5.74) is 1.33. The van der Waals surface area contributed by atoms with Crippen LogP contribution in [0.3, 0.4) is 0 Å². The van der Waals surface area contributed by atoms with Gasteiger partial charge in [-0.3, -0.25) is 9.78 Å². The Hall–Kier alpha value is -4.54. The number of aromatic nitrogens is 3. The minimum absolute atomic E-state index is 0.0171. The molecule has 2 aromatic heterocycles. The van der Waals surface area contributed by atoms with Crippen molar-refractivity contribution >= 4 is 23.2 Å². The van der Waals surface area contributed by atoms with Crippen LogP contribution < -0.4 is 15.4 Å². The van der Waals surface area contributed by atoms with Gasteiger partial charge in [0.25, 0.3) is 5.91 Å².